The number of phenolic OH excluding ortho intramolecular Hbond substituents is 4. The van der Waals surface area contributed by atoms with Gasteiger partial charge in [0, 0.05) is 23.3 Å². The molecule has 6 nitrogen and oxygen atoms in total. The van der Waals surface area contributed by atoms with Crippen molar-refractivity contribution in [1.29, 1.82) is 0 Å². The number of aliphatic hydroxyl groups is 1. The molecule has 0 unspecified atom stereocenters. The summed E-state index contributed by atoms with van der Waals surface area (Å²) in [6, 6.07) is 6.31. The fourth-order valence-electron chi connectivity index (χ4n) is 1.72. The van der Waals surface area contributed by atoms with E-state index >= 15 is 0 Å². The first-order chi connectivity index (χ1) is 9.92. The van der Waals surface area contributed by atoms with Gasteiger partial charge in [0.2, 0.25) is 0 Å². The average Bonchev–Trinajstić information content (AvgIpc) is 2.44. The number of phenols is 4. The SMILES string of the molecule is Cc1c(O)cc(O)cc1O/C(=C/O)c1ccc(O)c(O)c1. The quantitative estimate of drug-likeness (QED) is 0.439. The lowest BCUT2D eigenvalue weighted by Crippen LogP contribution is -1.97. The van der Waals surface area contributed by atoms with E-state index in [0.717, 1.165) is 6.07 Å². The summed E-state index contributed by atoms with van der Waals surface area (Å²) in [5.74, 6) is -0.915. The van der Waals surface area contributed by atoms with Crippen molar-refractivity contribution in [3.63, 3.8) is 0 Å². The molecule has 2 rings (SSSR count). The van der Waals surface area contributed by atoms with Crippen LogP contribution in [0.5, 0.6) is 28.7 Å². The van der Waals surface area contributed by atoms with Crippen LogP contribution in [0.15, 0.2) is 36.6 Å². The molecular formula is C15H14O6. The number of aliphatic hydroxyl groups excluding tert-OH is 1. The summed E-state index contributed by atoms with van der Waals surface area (Å²) in [5.41, 5.74) is 0.671. The highest BCUT2D eigenvalue weighted by molar-refractivity contribution is 5.65. The van der Waals surface area contributed by atoms with Crippen LogP contribution in [0.25, 0.3) is 5.76 Å². The van der Waals surface area contributed by atoms with E-state index in [4.69, 9.17) is 4.74 Å². The largest absolute Gasteiger partial charge is 0.512 e. The first-order valence-corrected chi connectivity index (χ1v) is 5.99. The van der Waals surface area contributed by atoms with Gasteiger partial charge in [-0.2, -0.15) is 0 Å². The van der Waals surface area contributed by atoms with Gasteiger partial charge >= 0.3 is 0 Å². The Morgan fingerprint density at radius 1 is 0.952 bits per heavy atom. The van der Waals surface area contributed by atoms with Crippen LogP contribution in [0.4, 0.5) is 0 Å². The van der Waals surface area contributed by atoms with Crippen molar-refractivity contribution < 1.29 is 30.3 Å². The van der Waals surface area contributed by atoms with Crippen LogP contribution in [0.2, 0.25) is 0 Å². The molecule has 6 heteroatoms. The van der Waals surface area contributed by atoms with Crippen LogP contribution in [0.3, 0.4) is 0 Å². The van der Waals surface area contributed by atoms with E-state index in [2.05, 4.69) is 0 Å². The van der Waals surface area contributed by atoms with E-state index in [-0.39, 0.29) is 34.5 Å². The standard InChI is InChI=1S/C15H14O6/c1-8-12(19)5-10(17)6-14(8)21-15(7-16)9-2-3-11(18)13(20)4-9/h2-7,16-20H,1H3/b15-7+. The number of benzene rings is 2. The Kier molecular flexibility index (Phi) is 3.80. The molecule has 110 valence electrons. The molecule has 0 bridgehead atoms. The van der Waals surface area contributed by atoms with Crippen molar-refractivity contribution in [2.24, 2.45) is 0 Å². The predicted octanol–water partition coefficient (Wildman–Crippen LogP) is 2.75. The van der Waals surface area contributed by atoms with Crippen LogP contribution in [0, 0.1) is 6.92 Å². The zero-order valence-corrected chi connectivity index (χ0v) is 11.1. The molecule has 0 spiro atoms. The van der Waals surface area contributed by atoms with Crippen molar-refractivity contribution in [3.8, 4) is 28.7 Å². The van der Waals surface area contributed by atoms with Crippen LogP contribution in [0.1, 0.15) is 11.1 Å². The van der Waals surface area contributed by atoms with Gasteiger partial charge in [0.05, 0.1) is 0 Å². The molecule has 0 amide bonds. The van der Waals surface area contributed by atoms with Gasteiger partial charge in [0.15, 0.2) is 17.3 Å². The fourth-order valence-corrected chi connectivity index (χ4v) is 1.72. The van der Waals surface area contributed by atoms with E-state index in [1.165, 1.54) is 24.3 Å². The number of hydrogen-bond donors (Lipinski definition) is 5. The molecule has 5 N–H and O–H groups in total. The highest BCUT2D eigenvalue weighted by Gasteiger charge is 2.13. The molecule has 0 heterocycles. The normalized spacial score (nSPS) is 11.4. The lowest BCUT2D eigenvalue weighted by molar-refractivity contribution is 0.401. The van der Waals surface area contributed by atoms with Gasteiger partial charge in [-0.1, -0.05) is 0 Å². The summed E-state index contributed by atoms with van der Waals surface area (Å²) in [5, 5.41) is 47.1. The van der Waals surface area contributed by atoms with Gasteiger partial charge in [-0.3, -0.25) is 0 Å². The molecule has 0 aliphatic heterocycles. The zero-order chi connectivity index (χ0) is 15.6. The molecule has 0 aromatic heterocycles. The Balaban J connectivity index is 2.38. The summed E-state index contributed by atoms with van der Waals surface area (Å²) in [7, 11) is 0. The minimum atomic E-state index is -0.370. The zero-order valence-electron chi connectivity index (χ0n) is 11.1. The number of ether oxygens (including phenoxy) is 1. The molecule has 2 aromatic carbocycles. The molecule has 0 aliphatic rings. The van der Waals surface area contributed by atoms with E-state index in [1.54, 1.807) is 6.92 Å². The van der Waals surface area contributed by atoms with Gasteiger partial charge in [-0.15, -0.1) is 0 Å². The maximum Gasteiger partial charge on any atom is 0.168 e. The van der Waals surface area contributed by atoms with E-state index in [9.17, 15) is 25.5 Å². The second kappa shape index (κ2) is 5.54. The minimum absolute atomic E-state index is 0.0293. The monoisotopic (exact) mass is 290 g/mol. The first-order valence-electron chi connectivity index (χ1n) is 5.99. The summed E-state index contributed by atoms with van der Waals surface area (Å²) >= 11 is 0. The number of aromatic hydroxyl groups is 4. The molecule has 0 fully saturated rings. The first kappa shape index (κ1) is 14.4. The van der Waals surface area contributed by atoms with Crippen LogP contribution < -0.4 is 4.74 Å². The second-order valence-electron chi connectivity index (χ2n) is 4.39. The van der Waals surface area contributed by atoms with Crippen molar-refractivity contribution >= 4 is 5.76 Å². The summed E-state index contributed by atoms with van der Waals surface area (Å²) in [6.07, 6.45) is 0.673. The summed E-state index contributed by atoms with van der Waals surface area (Å²) < 4.78 is 5.44. The Morgan fingerprint density at radius 3 is 2.29 bits per heavy atom. The van der Waals surface area contributed by atoms with Crippen molar-refractivity contribution in [1.82, 2.24) is 0 Å². The third-order valence-corrected chi connectivity index (χ3v) is 2.91. The maximum atomic E-state index is 9.62. The Morgan fingerprint density at radius 2 is 1.67 bits per heavy atom. The molecule has 0 aliphatic carbocycles. The van der Waals surface area contributed by atoms with Crippen molar-refractivity contribution in [2.75, 3.05) is 0 Å². The Labute approximate surface area is 120 Å². The lowest BCUT2D eigenvalue weighted by atomic mass is 10.1. The van der Waals surface area contributed by atoms with Crippen molar-refractivity contribution in [2.45, 2.75) is 6.92 Å². The smallest absolute Gasteiger partial charge is 0.168 e. The van der Waals surface area contributed by atoms with Gasteiger partial charge < -0.3 is 30.3 Å². The predicted molar refractivity (Wildman–Crippen MR) is 75.5 cm³/mol. The highest BCUT2D eigenvalue weighted by atomic mass is 16.5. The lowest BCUT2D eigenvalue weighted by Gasteiger charge is -2.13. The third-order valence-electron chi connectivity index (χ3n) is 2.91. The van der Waals surface area contributed by atoms with Crippen LogP contribution in [-0.4, -0.2) is 25.5 Å². The van der Waals surface area contributed by atoms with Gasteiger partial charge in [0.25, 0.3) is 0 Å². The van der Waals surface area contributed by atoms with Gasteiger partial charge in [-0.05, 0) is 25.1 Å². The molecular weight excluding hydrogens is 276 g/mol. The Hall–Kier alpha value is -3.02. The van der Waals surface area contributed by atoms with Crippen LogP contribution >= 0.6 is 0 Å². The third kappa shape index (κ3) is 2.94. The minimum Gasteiger partial charge on any atom is -0.512 e. The topological polar surface area (TPSA) is 110 Å². The molecule has 0 saturated heterocycles. The number of hydrogen-bond acceptors (Lipinski definition) is 6. The van der Waals surface area contributed by atoms with Crippen LogP contribution in [-0.2, 0) is 0 Å². The maximum absolute atomic E-state index is 9.62. The molecule has 0 atom stereocenters. The number of rotatable bonds is 3. The highest BCUT2D eigenvalue weighted by Crippen LogP contribution is 2.35. The van der Waals surface area contributed by atoms with Gasteiger partial charge in [-0.25, -0.2) is 0 Å². The summed E-state index contributed by atoms with van der Waals surface area (Å²) in [6.45, 7) is 1.58. The van der Waals surface area contributed by atoms with Gasteiger partial charge in [0.1, 0.15) is 23.5 Å². The molecule has 0 saturated carbocycles. The summed E-state index contributed by atoms with van der Waals surface area (Å²) in [4.78, 5) is 0. The fraction of sp³-hybridized carbons (Fsp3) is 0.0667. The second-order valence-corrected chi connectivity index (χ2v) is 4.39. The van der Waals surface area contributed by atoms with Crippen molar-refractivity contribution in [3.05, 3.63) is 47.7 Å². The molecule has 0 radical (unpaired) electrons. The molecule has 2 aromatic rings. The van der Waals surface area contributed by atoms with E-state index in [0.29, 0.717) is 17.4 Å². The van der Waals surface area contributed by atoms with E-state index < -0.39 is 0 Å². The Bertz CT molecular complexity index is 706. The average molecular weight is 290 g/mol. The van der Waals surface area contributed by atoms with E-state index in [1.807, 2.05) is 0 Å². The molecule has 21 heavy (non-hydrogen) atoms.